The van der Waals surface area contributed by atoms with E-state index in [0.717, 1.165) is 114 Å². The SMILES string of the molecule is CCC(C)CCCCCCCCCCCCCCCCCCCCC(=O)O[C@H](COC(=O)CCCCCCCCCCCC(C)C)COP(=O)(O)OCC(O)COP(=O)(O)OC[C@@H](COC(=O)CCCCCCCCCC(C)C)OC(=O)CCCCCCCCCCCCCCCCCC(C)C. The van der Waals surface area contributed by atoms with Gasteiger partial charge in [0, 0.05) is 25.7 Å². The van der Waals surface area contributed by atoms with E-state index in [0.29, 0.717) is 31.6 Å². The van der Waals surface area contributed by atoms with Crippen molar-refractivity contribution in [3.63, 3.8) is 0 Å². The summed E-state index contributed by atoms with van der Waals surface area (Å²) >= 11 is 0. The van der Waals surface area contributed by atoms with Gasteiger partial charge in [-0.3, -0.25) is 37.3 Å². The van der Waals surface area contributed by atoms with Gasteiger partial charge in [0.25, 0.3) is 0 Å². The first-order valence-electron chi connectivity index (χ1n) is 42.7. The fourth-order valence-corrected chi connectivity index (χ4v) is 14.3. The van der Waals surface area contributed by atoms with Gasteiger partial charge in [0.15, 0.2) is 12.2 Å². The van der Waals surface area contributed by atoms with Crippen LogP contribution in [0.2, 0.25) is 0 Å². The molecular weight excluding hydrogens is 1330 g/mol. The van der Waals surface area contributed by atoms with Crippen LogP contribution in [0.5, 0.6) is 0 Å². The van der Waals surface area contributed by atoms with Gasteiger partial charge in [0.05, 0.1) is 26.4 Å². The van der Waals surface area contributed by atoms with E-state index in [1.165, 1.54) is 225 Å². The molecule has 0 aliphatic heterocycles. The third kappa shape index (κ3) is 74.9. The predicted octanol–water partition coefficient (Wildman–Crippen LogP) is 24.8. The molecule has 19 heteroatoms. The zero-order valence-corrected chi connectivity index (χ0v) is 69.0. The van der Waals surface area contributed by atoms with Gasteiger partial charge in [-0.15, -0.1) is 0 Å². The summed E-state index contributed by atoms with van der Waals surface area (Å²) in [7, 11) is -9.92. The average Bonchev–Trinajstić information content (AvgIpc) is 0.970. The molecule has 3 N–H and O–H groups in total. The number of ether oxygens (including phenoxy) is 4. The number of aliphatic hydroxyl groups excluding tert-OH is 1. The summed E-state index contributed by atoms with van der Waals surface area (Å²) in [6, 6.07) is 0. The summed E-state index contributed by atoms with van der Waals surface area (Å²) in [4.78, 5) is 73.0. The van der Waals surface area contributed by atoms with Gasteiger partial charge in [0.2, 0.25) is 0 Å². The molecule has 4 unspecified atom stereocenters. The van der Waals surface area contributed by atoms with Crippen LogP contribution >= 0.6 is 15.6 Å². The van der Waals surface area contributed by atoms with Crippen molar-refractivity contribution in [2.24, 2.45) is 23.7 Å². The van der Waals surface area contributed by atoms with Gasteiger partial charge in [-0.05, 0) is 49.4 Å². The molecule has 0 aromatic rings. The standard InChI is InChI=1S/C83H162O17P2/c1-9-76(8)62-54-46-38-30-24-20-16-12-10-11-13-17-21-25-31-40-49-57-65-82(87)99-78(69-93-80(85)63-55-47-39-33-27-29-36-44-52-60-74(4)5)71-97-101(89,90)95-67-77(84)68-96-102(91,92)98-72-79(70-94-81(86)64-56-48-42-34-37-45-53-61-75(6)7)100-83(88)66-58-50-41-32-26-22-18-14-15-19-23-28-35-43-51-59-73(2)3/h73-79,84H,9-72H2,1-8H3,(H,89,90)(H,91,92)/t76?,77?,78-,79-/m1/s1. The number of esters is 4. The highest BCUT2D eigenvalue weighted by atomic mass is 31.2. The van der Waals surface area contributed by atoms with E-state index in [1.54, 1.807) is 0 Å². The van der Waals surface area contributed by atoms with Crippen LogP contribution in [0.3, 0.4) is 0 Å². The van der Waals surface area contributed by atoms with E-state index in [2.05, 4.69) is 55.4 Å². The Morgan fingerprint density at radius 2 is 0.471 bits per heavy atom. The molecule has 0 aromatic carbocycles. The number of phosphoric acid groups is 2. The summed E-state index contributed by atoms with van der Waals surface area (Å²) < 4.78 is 68.7. The van der Waals surface area contributed by atoms with Crippen LogP contribution in [0.15, 0.2) is 0 Å². The van der Waals surface area contributed by atoms with Crippen molar-refractivity contribution < 1.29 is 80.2 Å². The summed E-state index contributed by atoms with van der Waals surface area (Å²) in [6.45, 7) is 14.3. The first kappa shape index (κ1) is 100. The maximum Gasteiger partial charge on any atom is 0.472 e. The van der Waals surface area contributed by atoms with Gasteiger partial charge >= 0.3 is 39.5 Å². The lowest BCUT2D eigenvalue weighted by Gasteiger charge is -2.21. The Morgan fingerprint density at radius 1 is 0.275 bits per heavy atom. The average molecular weight is 1490 g/mol. The molecule has 6 atom stereocenters. The van der Waals surface area contributed by atoms with Crippen molar-refractivity contribution in [1.82, 2.24) is 0 Å². The van der Waals surface area contributed by atoms with Crippen molar-refractivity contribution in [2.75, 3.05) is 39.6 Å². The predicted molar refractivity (Wildman–Crippen MR) is 418 cm³/mol. The Bertz CT molecular complexity index is 1990. The van der Waals surface area contributed by atoms with Crippen LogP contribution in [0.4, 0.5) is 0 Å². The van der Waals surface area contributed by atoms with Crippen LogP contribution in [0.25, 0.3) is 0 Å². The number of unbranched alkanes of at least 4 members (excludes halogenated alkanes) is 45. The lowest BCUT2D eigenvalue weighted by Crippen LogP contribution is -2.30. The maximum atomic E-state index is 13.1. The van der Waals surface area contributed by atoms with Crippen molar-refractivity contribution in [2.45, 2.75) is 446 Å². The Morgan fingerprint density at radius 3 is 0.696 bits per heavy atom. The molecule has 0 aliphatic rings. The molecule has 0 fully saturated rings. The molecule has 0 aliphatic carbocycles. The van der Waals surface area contributed by atoms with Crippen LogP contribution in [0.1, 0.15) is 428 Å². The summed E-state index contributed by atoms with van der Waals surface area (Å²) in [5, 5.41) is 10.6. The summed E-state index contributed by atoms with van der Waals surface area (Å²) in [5.74, 6) is 1.01. The molecule has 17 nitrogen and oxygen atoms in total. The van der Waals surface area contributed by atoms with Crippen LogP contribution in [-0.2, 0) is 65.4 Å². The first-order valence-corrected chi connectivity index (χ1v) is 45.7. The number of hydrogen-bond acceptors (Lipinski definition) is 15. The monoisotopic (exact) mass is 1490 g/mol. The molecule has 0 amide bonds. The van der Waals surface area contributed by atoms with E-state index < -0.39 is 97.5 Å². The molecule has 0 aromatic heterocycles. The number of rotatable bonds is 80. The van der Waals surface area contributed by atoms with E-state index in [9.17, 15) is 43.2 Å². The molecule has 0 heterocycles. The molecule has 0 saturated carbocycles. The van der Waals surface area contributed by atoms with Crippen molar-refractivity contribution in [3.05, 3.63) is 0 Å². The fourth-order valence-electron chi connectivity index (χ4n) is 12.8. The smallest absolute Gasteiger partial charge is 0.462 e. The molecule has 0 bridgehead atoms. The first-order chi connectivity index (χ1) is 49.1. The third-order valence-corrected chi connectivity index (χ3v) is 21.6. The van der Waals surface area contributed by atoms with E-state index in [-0.39, 0.29) is 25.7 Å². The largest absolute Gasteiger partial charge is 0.472 e. The van der Waals surface area contributed by atoms with Crippen molar-refractivity contribution in [1.29, 1.82) is 0 Å². The topological polar surface area (TPSA) is 237 Å². The quantitative estimate of drug-likeness (QED) is 0.0222. The highest BCUT2D eigenvalue weighted by Crippen LogP contribution is 2.45. The second-order valence-corrected chi connectivity index (χ2v) is 34.4. The Balaban J connectivity index is 5.19. The van der Waals surface area contributed by atoms with Gasteiger partial charge in [-0.2, -0.15) is 0 Å². The van der Waals surface area contributed by atoms with Crippen LogP contribution in [0, 0.1) is 23.7 Å². The Hall–Kier alpha value is -1.94. The highest BCUT2D eigenvalue weighted by molar-refractivity contribution is 7.47. The lowest BCUT2D eigenvalue weighted by molar-refractivity contribution is -0.161. The zero-order chi connectivity index (χ0) is 75.3. The van der Waals surface area contributed by atoms with Crippen LogP contribution < -0.4 is 0 Å². The minimum Gasteiger partial charge on any atom is -0.462 e. The molecule has 102 heavy (non-hydrogen) atoms. The summed E-state index contributed by atoms with van der Waals surface area (Å²) in [5.41, 5.74) is 0. The fraction of sp³-hybridized carbons (Fsp3) is 0.952. The summed E-state index contributed by atoms with van der Waals surface area (Å²) in [6.07, 6.45) is 59.8. The number of carbonyl (C=O) groups excluding carboxylic acids is 4. The molecule has 0 saturated heterocycles. The number of carbonyl (C=O) groups is 4. The molecular formula is C83H162O17P2. The lowest BCUT2D eigenvalue weighted by atomic mass is 9.99. The maximum absolute atomic E-state index is 13.1. The molecule has 0 radical (unpaired) electrons. The van der Waals surface area contributed by atoms with Gasteiger partial charge in [-0.25, -0.2) is 9.13 Å². The van der Waals surface area contributed by atoms with E-state index >= 15 is 0 Å². The minimum absolute atomic E-state index is 0.107. The van der Waals surface area contributed by atoms with Crippen LogP contribution in [-0.4, -0.2) is 96.7 Å². The normalized spacial score (nSPS) is 14.3. The number of hydrogen-bond donors (Lipinski definition) is 3. The second-order valence-electron chi connectivity index (χ2n) is 31.5. The van der Waals surface area contributed by atoms with Gasteiger partial charge < -0.3 is 33.8 Å². The van der Waals surface area contributed by atoms with Crippen molar-refractivity contribution >= 4 is 39.5 Å². The Labute approximate surface area is 626 Å². The number of phosphoric ester groups is 2. The van der Waals surface area contributed by atoms with E-state index in [4.69, 9.17) is 37.0 Å². The third-order valence-electron chi connectivity index (χ3n) is 19.7. The van der Waals surface area contributed by atoms with Gasteiger partial charge in [-0.1, -0.05) is 376 Å². The Kier molecular flexibility index (Phi) is 70.6. The second kappa shape index (κ2) is 72.0. The highest BCUT2D eigenvalue weighted by Gasteiger charge is 2.30. The molecule has 606 valence electrons. The number of aliphatic hydroxyl groups is 1. The zero-order valence-electron chi connectivity index (χ0n) is 67.2. The minimum atomic E-state index is -4.96. The van der Waals surface area contributed by atoms with Gasteiger partial charge in [0.1, 0.15) is 19.3 Å². The van der Waals surface area contributed by atoms with Crippen molar-refractivity contribution in [3.8, 4) is 0 Å². The molecule has 0 rings (SSSR count). The molecule has 0 spiro atoms. The van der Waals surface area contributed by atoms with E-state index in [1.807, 2.05) is 0 Å².